The number of aromatic nitrogens is 1. The quantitative estimate of drug-likeness (QED) is 0.854. The van der Waals surface area contributed by atoms with E-state index in [2.05, 4.69) is 9.72 Å². The number of sulfonamides is 1. The van der Waals surface area contributed by atoms with Gasteiger partial charge in [0.15, 0.2) is 11.4 Å². The molecule has 0 unspecified atom stereocenters. The van der Waals surface area contributed by atoms with Gasteiger partial charge in [-0.1, -0.05) is 12.1 Å². The van der Waals surface area contributed by atoms with E-state index in [1.165, 1.54) is 12.1 Å². The monoisotopic (exact) mass is 382 g/mol. The van der Waals surface area contributed by atoms with Gasteiger partial charge in [0, 0.05) is 0 Å². The second kappa shape index (κ2) is 6.28. The standard InChI is InChI=1S/C12H9F3N2O5S2/c1-24(20,21)17(10-9(11(18)19)16-6-23-10)7-4-2-3-5-8(7)22-12(13,14)15/h2-6H,1H3,(H,18,19). The van der Waals surface area contributed by atoms with Crippen molar-refractivity contribution >= 4 is 38.0 Å². The van der Waals surface area contributed by atoms with E-state index in [4.69, 9.17) is 5.11 Å². The van der Waals surface area contributed by atoms with E-state index in [1.807, 2.05) is 0 Å². The molecule has 130 valence electrons. The summed E-state index contributed by atoms with van der Waals surface area (Å²) in [7, 11) is -4.18. The highest BCUT2D eigenvalue weighted by Gasteiger charge is 2.35. The minimum absolute atomic E-state index is 0.358. The first kappa shape index (κ1) is 18.0. The molecular weight excluding hydrogens is 373 g/mol. The number of hydrogen-bond acceptors (Lipinski definition) is 6. The van der Waals surface area contributed by atoms with E-state index in [1.54, 1.807) is 0 Å². The summed E-state index contributed by atoms with van der Waals surface area (Å²) in [5.41, 5.74) is -0.0131. The van der Waals surface area contributed by atoms with Gasteiger partial charge in [-0.3, -0.25) is 0 Å². The summed E-state index contributed by atoms with van der Waals surface area (Å²) in [5.74, 6) is -2.31. The molecule has 0 fully saturated rings. The van der Waals surface area contributed by atoms with Crippen LogP contribution in [0, 0.1) is 0 Å². The van der Waals surface area contributed by atoms with Gasteiger partial charge in [-0.2, -0.15) is 0 Å². The normalized spacial score (nSPS) is 12.0. The largest absolute Gasteiger partial charge is 0.573 e. The van der Waals surface area contributed by atoms with Gasteiger partial charge in [-0.25, -0.2) is 22.5 Å². The molecule has 0 saturated heterocycles. The minimum atomic E-state index is -5.05. The van der Waals surface area contributed by atoms with Crippen molar-refractivity contribution in [1.82, 2.24) is 4.98 Å². The Hall–Kier alpha value is -2.34. The third-order valence-electron chi connectivity index (χ3n) is 2.58. The van der Waals surface area contributed by atoms with E-state index >= 15 is 0 Å². The van der Waals surface area contributed by atoms with Crippen molar-refractivity contribution in [3.8, 4) is 5.75 Å². The molecule has 7 nitrogen and oxygen atoms in total. The highest BCUT2D eigenvalue weighted by Crippen LogP contribution is 2.41. The summed E-state index contributed by atoms with van der Waals surface area (Å²) in [5, 5.41) is 8.73. The lowest BCUT2D eigenvalue weighted by Gasteiger charge is -2.23. The zero-order valence-electron chi connectivity index (χ0n) is 11.8. The van der Waals surface area contributed by atoms with Crippen LogP contribution in [-0.2, 0) is 10.0 Å². The number of benzene rings is 1. The van der Waals surface area contributed by atoms with E-state index < -0.39 is 39.5 Å². The van der Waals surface area contributed by atoms with Gasteiger partial charge >= 0.3 is 12.3 Å². The maximum absolute atomic E-state index is 12.5. The number of carboxylic acid groups (broad SMARTS) is 1. The van der Waals surface area contributed by atoms with Crippen molar-refractivity contribution in [2.75, 3.05) is 10.6 Å². The van der Waals surface area contributed by atoms with Gasteiger partial charge in [-0.15, -0.1) is 24.5 Å². The lowest BCUT2D eigenvalue weighted by Crippen LogP contribution is -2.27. The lowest BCUT2D eigenvalue weighted by atomic mass is 10.3. The summed E-state index contributed by atoms with van der Waals surface area (Å²) in [6.45, 7) is 0. The number of hydrogen-bond donors (Lipinski definition) is 1. The predicted octanol–water partition coefficient (Wildman–Crippen LogP) is 2.84. The van der Waals surface area contributed by atoms with Crippen LogP contribution in [-0.4, -0.2) is 37.1 Å². The molecule has 0 aliphatic rings. The van der Waals surface area contributed by atoms with Gasteiger partial charge in [0.2, 0.25) is 10.0 Å². The second-order valence-electron chi connectivity index (χ2n) is 4.35. The van der Waals surface area contributed by atoms with Crippen molar-refractivity contribution in [3.05, 3.63) is 35.5 Å². The van der Waals surface area contributed by atoms with Crippen LogP contribution < -0.4 is 9.04 Å². The van der Waals surface area contributed by atoms with Crippen molar-refractivity contribution in [1.29, 1.82) is 0 Å². The number of carboxylic acids is 1. The van der Waals surface area contributed by atoms with Gasteiger partial charge in [-0.05, 0) is 12.1 Å². The van der Waals surface area contributed by atoms with Crippen molar-refractivity contribution < 1.29 is 36.2 Å². The molecule has 2 aromatic rings. The SMILES string of the molecule is CS(=O)(=O)N(c1ccccc1OC(F)(F)F)c1scnc1C(=O)O. The first-order chi connectivity index (χ1) is 11.0. The van der Waals surface area contributed by atoms with Crippen LogP contribution in [0.5, 0.6) is 5.75 Å². The Morgan fingerprint density at radius 1 is 1.33 bits per heavy atom. The van der Waals surface area contributed by atoms with Crippen molar-refractivity contribution in [2.45, 2.75) is 6.36 Å². The number of anilines is 2. The fourth-order valence-corrected chi connectivity index (χ4v) is 3.94. The average Bonchev–Trinajstić information content (AvgIpc) is 2.87. The molecule has 1 aromatic carbocycles. The molecular formula is C12H9F3N2O5S2. The first-order valence-corrected chi connectivity index (χ1v) is 8.75. The maximum Gasteiger partial charge on any atom is 0.573 e. The number of thiazole rings is 1. The molecule has 1 N–H and O–H groups in total. The van der Waals surface area contributed by atoms with Gasteiger partial charge in [0.1, 0.15) is 10.7 Å². The number of rotatable bonds is 5. The molecule has 24 heavy (non-hydrogen) atoms. The molecule has 0 bridgehead atoms. The summed E-state index contributed by atoms with van der Waals surface area (Å²) in [6, 6.07) is 4.49. The number of aromatic carboxylic acids is 1. The van der Waals surface area contributed by atoms with Crippen molar-refractivity contribution in [2.24, 2.45) is 0 Å². The molecule has 0 spiro atoms. The number of ether oxygens (including phenoxy) is 1. The topological polar surface area (TPSA) is 96.8 Å². The highest BCUT2D eigenvalue weighted by atomic mass is 32.2. The van der Waals surface area contributed by atoms with Gasteiger partial charge in [0.25, 0.3) is 0 Å². The third kappa shape index (κ3) is 3.94. The van der Waals surface area contributed by atoms with E-state index in [9.17, 15) is 26.4 Å². The highest BCUT2D eigenvalue weighted by molar-refractivity contribution is 7.92. The van der Waals surface area contributed by atoms with E-state index in [0.717, 1.165) is 23.9 Å². The molecule has 1 aromatic heterocycles. The molecule has 0 saturated carbocycles. The average molecular weight is 382 g/mol. The van der Waals surface area contributed by atoms with Gasteiger partial charge < -0.3 is 9.84 Å². The van der Waals surface area contributed by atoms with Crippen molar-refractivity contribution in [3.63, 3.8) is 0 Å². The Morgan fingerprint density at radius 2 is 1.96 bits per heavy atom. The number of para-hydroxylation sites is 2. The van der Waals surface area contributed by atoms with E-state index in [-0.39, 0.29) is 5.00 Å². The fourth-order valence-electron chi connectivity index (χ4n) is 1.81. The summed E-state index contributed by atoms with van der Waals surface area (Å²) < 4.78 is 66.1. The maximum atomic E-state index is 12.5. The van der Waals surface area contributed by atoms with Crippen LogP contribution in [0.15, 0.2) is 29.8 Å². The minimum Gasteiger partial charge on any atom is -0.476 e. The second-order valence-corrected chi connectivity index (χ2v) is 7.02. The molecule has 1 heterocycles. The number of halogens is 3. The summed E-state index contributed by atoms with van der Waals surface area (Å²) in [6.07, 6.45) is -4.33. The Bertz CT molecular complexity index is 864. The number of carbonyl (C=O) groups is 1. The molecule has 0 radical (unpaired) electrons. The molecule has 0 aliphatic carbocycles. The third-order valence-corrected chi connectivity index (χ3v) is 4.55. The Kier molecular flexibility index (Phi) is 4.71. The molecule has 12 heteroatoms. The smallest absolute Gasteiger partial charge is 0.476 e. The predicted molar refractivity (Wildman–Crippen MR) is 79.2 cm³/mol. The molecule has 2 rings (SSSR count). The first-order valence-electron chi connectivity index (χ1n) is 6.02. The zero-order valence-corrected chi connectivity index (χ0v) is 13.4. The van der Waals surface area contributed by atoms with Crippen LogP contribution in [0.4, 0.5) is 23.9 Å². The summed E-state index contributed by atoms with van der Waals surface area (Å²) in [4.78, 5) is 14.7. The number of alkyl halides is 3. The zero-order chi connectivity index (χ0) is 18.1. The Balaban J connectivity index is 2.68. The van der Waals surface area contributed by atoms with Crippen LogP contribution in [0.3, 0.4) is 0 Å². The Labute approximate surface area is 138 Å². The van der Waals surface area contributed by atoms with Gasteiger partial charge in [0.05, 0.1) is 11.8 Å². The van der Waals surface area contributed by atoms with Crippen LogP contribution in [0.2, 0.25) is 0 Å². The van der Waals surface area contributed by atoms with Crippen LogP contribution in [0.25, 0.3) is 0 Å². The Morgan fingerprint density at radius 3 is 2.50 bits per heavy atom. The van der Waals surface area contributed by atoms with Crippen LogP contribution >= 0.6 is 11.3 Å². The van der Waals surface area contributed by atoms with E-state index in [0.29, 0.717) is 15.6 Å². The fraction of sp³-hybridized carbons (Fsp3) is 0.167. The van der Waals surface area contributed by atoms with Crippen LogP contribution in [0.1, 0.15) is 10.5 Å². The molecule has 0 aliphatic heterocycles. The molecule has 0 amide bonds. The molecule has 0 atom stereocenters. The lowest BCUT2D eigenvalue weighted by molar-refractivity contribution is -0.274. The number of nitrogens with zero attached hydrogens (tertiary/aromatic N) is 2. The summed E-state index contributed by atoms with van der Waals surface area (Å²) >= 11 is 0.652.